The van der Waals surface area contributed by atoms with Crippen molar-refractivity contribution in [3.8, 4) is 0 Å². The minimum atomic E-state index is 0.203. The average molecular weight is 340 g/mol. The van der Waals surface area contributed by atoms with Crippen LogP contribution in [0, 0.1) is 0 Å². The lowest BCUT2D eigenvalue weighted by Gasteiger charge is -2.42. The van der Waals surface area contributed by atoms with Crippen LogP contribution in [0.2, 0.25) is 0 Å². The first-order valence-electron chi connectivity index (χ1n) is 8.50. The van der Waals surface area contributed by atoms with Crippen molar-refractivity contribution in [3.05, 3.63) is 71.8 Å². The average Bonchev–Trinajstić information content (AvgIpc) is 2.63. The quantitative estimate of drug-likeness (QED) is 0.861. The summed E-state index contributed by atoms with van der Waals surface area (Å²) in [4.78, 5) is 4.71. The van der Waals surface area contributed by atoms with Gasteiger partial charge in [0.1, 0.15) is 0 Å². The molecule has 4 heteroatoms. The Bertz CT molecular complexity index is 659. The number of hydrogen-bond acceptors (Lipinski definition) is 2. The van der Waals surface area contributed by atoms with E-state index in [9.17, 15) is 0 Å². The van der Waals surface area contributed by atoms with E-state index in [1.807, 2.05) is 6.07 Å². The first kappa shape index (κ1) is 16.9. The van der Waals surface area contributed by atoms with Crippen LogP contribution in [0.3, 0.4) is 0 Å². The van der Waals surface area contributed by atoms with Crippen molar-refractivity contribution in [3.63, 3.8) is 0 Å². The number of likely N-dealkylation sites (N-methyl/N-ethyl adjacent to an activating group) is 1. The maximum absolute atomic E-state index is 5.76. The standard InChI is InChI=1S/C20H25N3S/c1-16(17-9-5-3-6-10-17)21-20(24)23-14-13-22(2)15-19(23)18-11-7-4-8-12-18/h3-12,16,19H,13-15H2,1-2H3,(H,21,24)/t16-,19+/m0/s1. The molecule has 2 atom stereocenters. The van der Waals surface area contributed by atoms with Crippen LogP contribution in [0.5, 0.6) is 0 Å². The number of nitrogens with zero attached hydrogens (tertiary/aromatic N) is 2. The van der Waals surface area contributed by atoms with Gasteiger partial charge >= 0.3 is 0 Å². The molecule has 1 N–H and O–H groups in total. The predicted molar refractivity (Wildman–Crippen MR) is 104 cm³/mol. The predicted octanol–water partition coefficient (Wildman–Crippen LogP) is 3.61. The molecule has 1 heterocycles. The Hall–Kier alpha value is -1.91. The fourth-order valence-electron chi connectivity index (χ4n) is 3.22. The highest BCUT2D eigenvalue weighted by atomic mass is 32.1. The summed E-state index contributed by atoms with van der Waals surface area (Å²) >= 11 is 5.76. The van der Waals surface area contributed by atoms with Crippen LogP contribution < -0.4 is 5.32 Å². The third kappa shape index (κ3) is 3.94. The molecule has 1 saturated heterocycles. The van der Waals surface area contributed by atoms with Crippen molar-refractivity contribution >= 4 is 17.3 Å². The SMILES string of the molecule is C[C@H](NC(=S)N1CCN(C)C[C@@H]1c1ccccc1)c1ccccc1. The van der Waals surface area contributed by atoms with Crippen LogP contribution in [0.15, 0.2) is 60.7 Å². The van der Waals surface area contributed by atoms with Gasteiger partial charge in [-0.1, -0.05) is 60.7 Å². The van der Waals surface area contributed by atoms with E-state index in [4.69, 9.17) is 12.2 Å². The summed E-state index contributed by atoms with van der Waals surface area (Å²) in [7, 11) is 2.18. The van der Waals surface area contributed by atoms with Crippen LogP contribution in [0.1, 0.15) is 30.1 Å². The molecule has 0 amide bonds. The zero-order valence-electron chi connectivity index (χ0n) is 14.4. The Kier molecular flexibility index (Phi) is 5.48. The Morgan fingerprint density at radius 3 is 2.33 bits per heavy atom. The first-order chi connectivity index (χ1) is 11.6. The second-order valence-corrected chi connectivity index (χ2v) is 6.85. The molecule has 2 aromatic carbocycles. The fourth-order valence-corrected chi connectivity index (χ4v) is 3.61. The van der Waals surface area contributed by atoms with Crippen molar-refractivity contribution in [1.82, 2.24) is 15.1 Å². The Balaban J connectivity index is 1.74. The summed E-state index contributed by atoms with van der Waals surface area (Å²) in [6, 6.07) is 21.6. The topological polar surface area (TPSA) is 18.5 Å². The minimum absolute atomic E-state index is 0.203. The highest BCUT2D eigenvalue weighted by Gasteiger charge is 2.28. The number of nitrogens with one attached hydrogen (secondary N) is 1. The van der Waals surface area contributed by atoms with Crippen LogP contribution in [0.25, 0.3) is 0 Å². The molecule has 0 bridgehead atoms. The smallest absolute Gasteiger partial charge is 0.170 e. The monoisotopic (exact) mass is 339 g/mol. The molecule has 1 aliphatic rings. The second-order valence-electron chi connectivity index (χ2n) is 6.46. The van der Waals surface area contributed by atoms with Crippen LogP contribution in [-0.2, 0) is 0 Å². The number of rotatable bonds is 3. The van der Waals surface area contributed by atoms with E-state index in [2.05, 4.69) is 83.7 Å². The maximum atomic E-state index is 5.76. The molecule has 0 spiro atoms. The fraction of sp³-hybridized carbons (Fsp3) is 0.350. The summed E-state index contributed by atoms with van der Waals surface area (Å²) in [5.74, 6) is 0. The Labute approximate surface area is 150 Å². The summed E-state index contributed by atoms with van der Waals surface area (Å²) < 4.78 is 0. The molecule has 0 radical (unpaired) electrons. The van der Waals surface area contributed by atoms with E-state index < -0.39 is 0 Å². The number of piperazine rings is 1. The number of benzene rings is 2. The third-order valence-corrected chi connectivity index (χ3v) is 5.02. The van der Waals surface area contributed by atoms with Gasteiger partial charge in [0.15, 0.2) is 5.11 Å². The van der Waals surface area contributed by atoms with Crippen LogP contribution in [0.4, 0.5) is 0 Å². The first-order valence-corrected chi connectivity index (χ1v) is 8.91. The van der Waals surface area contributed by atoms with Gasteiger partial charge in [0.2, 0.25) is 0 Å². The van der Waals surface area contributed by atoms with E-state index in [0.29, 0.717) is 6.04 Å². The van der Waals surface area contributed by atoms with E-state index in [1.165, 1.54) is 11.1 Å². The molecule has 2 aromatic rings. The highest BCUT2D eigenvalue weighted by molar-refractivity contribution is 7.80. The molecule has 0 aromatic heterocycles. The van der Waals surface area contributed by atoms with Gasteiger partial charge in [0.25, 0.3) is 0 Å². The van der Waals surface area contributed by atoms with E-state index in [0.717, 1.165) is 24.7 Å². The third-order valence-electron chi connectivity index (χ3n) is 4.67. The second kappa shape index (κ2) is 7.77. The minimum Gasteiger partial charge on any atom is -0.356 e. The molecule has 0 unspecified atom stereocenters. The molecule has 0 saturated carbocycles. The lowest BCUT2D eigenvalue weighted by Crippen LogP contribution is -2.52. The molecule has 126 valence electrons. The molecule has 1 aliphatic heterocycles. The Morgan fingerprint density at radius 2 is 1.67 bits per heavy atom. The molecular weight excluding hydrogens is 314 g/mol. The molecule has 3 rings (SSSR count). The molecule has 1 fully saturated rings. The van der Waals surface area contributed by atoms with Crippen molar-refractivity contribution in [2.24, 2.45) is 0 Å². The Morgan fingerprint density at radius 1 is 1.04 bits per heavy atom. The van der Waals surface area contributed by atoms with E-state index in [-0.39, 0.29) is 6.04 Å². The van der Waals surface area contributed by atoms with Gasteiger partial charge in [-0.2, -0.15) is 0 Å². The van der Waals surface area contributed by atoms with Gasteiger partial charge in [0.05, 0.1) is 12.1 Å². The van der Waals surface area contributed by atoms with Crippen molar-refractivity contribution in [2.75, 3.05) is 26.7 Å². The van der Waals surface area contributed by atoms with Gasteiger partial charge in [-0.15, -0.1) is 0 Å². The van der Waals surface area contributed by atoms with Crippen LogP contribution in [-0.4, -0.2) is 41.6 Å². The summed E-state index contributed by atoms with van der Waals surface area (Å²) in [6.45, 7) is 5.13. The van der Waals surface area contributed by atoms with Gasteiger partial charge in [-0.3, -0.25) is 0 Å². The van der Waals surface area contributed by atoms with Gasteiger partial charge in [0, 0.05) is 19.6 Å². The highest BCUT2D eigenvalue weighted by Crippen LogP contribution is 2.25. The lowest BCUT2D eigenvalue weighted by atomic mass is 10.0. The normalized spacial score (nSPS) is 19.8. The molecule has 0 aliphatic carbocycles. The van der Waals surface area contributed by atoms with Gasteiger partial charge < -0.3 is 15.1 Å². The number of thiocarbonyl (C=S) groups is 1. The largest absolute Gasteiger partial charge is 0.356 e. The zero-order chi connectivity index (χ0) is 16.9. The molecule has 3 nitrogen and oxygen atoms in total. The van der Waals surface area contributed by atoms with Crippen molar-refractivity contribution in [2.45, 2.75) is 19.0 Å². The summed E-state index contributed by atoms with van der Waals surface area (Å²) in [6.07, 6.45) is 0. The zero-order valence-corrected chi connectivity index (χ0v) is 15.2. The van der Waals surface area contributed by atoms with Crippen molar-refractivity contribution in [1.29, 1.82) is 0 Å². The number of hydrogen-bond donors (Lipinski definition) is 1. The summed E-state index contributed by atoms with van der Waals surface area (Å²) in [5.41, 5.74) is 2.57. The van der Waals surface area contributed by atoms with Gasteiger partial charge in [-0.05, 0) is 37.3 Å². The van der Waals surface area contributed by atoms with Crippen LogP contribution >= 0.6 is 12.2 Å². The van der Waals surface area contributed by atoms with E-state index in [1.54, 1.807) is 0 Å². The summed E-state index contributed by atoms with van der Waals surface area (Å²) in [5, 5.41) is 4.36. The lowest BCUT2D eigenvalue weighted by molar-refractivity contribution is 0.149. The molecule has 24 heavy (non-hydrogen) atoms. The molecular formula is C20H25N3S. The maximum Gasteiger partial charge on any atom is 0.170 e. The van der Waals surface area contributed by atoms with E-state index >= 15 is 0 Å². The van der Waals surface area contributed by atoms with Gasteiger partial charge in [-0.25, -0.2) is 0 Å². The van der Waals surface area contributed by atoms with Crippen molar-refractivity contribution < 1.29 is 0 Å².